The van der Waals surface area contributed by atoms with Crippen LogP contribution < -0.4 is 14.8 Å². The maximum atomic E-state index is 12.4. The van der Waals surface area contributed by atoms with E-state index in [9.17, 15) is 4.79 Å². The highest BCUT2D eigenvalue weighted by Gasteiger charge is 2.17. The Morgan fingerprint density at radius 2 is 1.69 bits per heavy atom. The first-order valence-electron chi connectivity index (χ1n) is 10.3. The molecule has 2 aliphatic rings. The van der Waals surface area contributed by atoms with E-state index >= 15 is 0 Å². The number of hydrogen-bond acceptors (Lipinski definition) is 4. The standard InChI is InChI=1S/C23H27ClN2O3/c24-20-12-19(13-21-23(20)29-11-3-10-28-21)14-22(27)25-15-17-4-6-18(7-5-17)16-26-8-1-2-9-26/h4-7,12-13H,1-3,8-11,14-16H2,(H,25,27). The van der Waals surface area contributed by atoms with Crippen molar-refractivity contribution in [2.24, 2.45) is 0 Å². The highest BCUT2D eigenvalue weighted by atomic mass is 35.5. The molecular weight excluding hydrogens is 388 g/mol. The number of hydrogen-bond donors (Lipinski definition) is 1. The number of amides is 1. The van der Waals surface area contributed by atoms with Crippen LogP contribution in [0.5, 0.6) is 11.5 Å². The number of carbonyl (C=O) groups is 1. The summed E-state index contributed by atoms with van der Waals surface area (Å²) < 4.78 is 11.3. The third-order valence-electron chi connectivity index (χ3n) is 5.34. The molecule has 4 rings (SSSR count). The largest absolute Gasteiger partial charge is 0.489 e. The van der Waals surface area contributed by atoms with E-state index in [1.807, 2.05) is 6.07 Å². The summed E-state index contributed by atoms with van der Waals surface area (Å²) in [4.78, 5) is 14.9. The van der Waals surface area contributed by atoms with Gasteiger partial charge in [0.1, 0.15) is 0 Å². The topological polar surface area (TPSA) is 50.8 Å². The molecule has 6 heteroatoms. The quantitative estimate of drug-likeness (QED) is 0.777. The average molecular weight is 415 g/mol. The van der Waals surface area contributed by atoms with E-state index in [1.54, 1.807) is 6.07 Å². The van der Waals surface area contributed by atoms with Gasteiger partial charge in [-0.25, -0.2) is 0 Å². The fourth-order valence-corrected chi connectivity index (χ4v) is 4.08. The molecule has 0 radical (unpaired) electrons. The number of benzene rings is 2. The molecule has 0 bridgehead atoms. The van der Waals surface area contributed by atoms with E-state index in [1.165, 1.54) is 31.5 Å². The summed E-state index contributed by atoms with van der Waals surface area (Å²) in [6.07, 6.45) is 3.68. The molecule has 0 aliphatic carbocycles. The van der Waals surface area contributed by atoms with Crippen molar-refractivity contribution in [2.75, 3.05) is 26.3 Å². The number of halogens is 1. The van der Waals surface area contributed by atoms with E-state index in [-0.39, 0.29) is 12.3 Å². The van der Waals surface area contributed by atoms with Crippen LogP contribution in [-0.2, 0) is 24.3 Å². The summed E-state index contributed by atoms with van der Waals surface area (Å²) in [5, 5.41) is 3.47. The Morgan fingerprint density at radius 3 is 2.48 bits per heavy atom. The van der Waals surface area contributed by atoms with Crippen LogP contribution in [0.1, 0.15) is 36.0 Å². The zero-order valence-corrected chi connectivity index (χ0v) is 17.3. The lowest BCUT2D eigenvalue weighted by molar-refractivity contribution is -0.120. The Labute approximate surface area is 176 Å². The Morgan fingerprint density at radius 1 is 0.966 bits per heavy atom. The van der Waals surface area contributed by atoms with Gasteiger partial charge in [-0.05, 0) is 54.8 Å². The molecule has 154 valence electrons. The SMILES string of the molecule is O=C(Cc1cc(Cl)c2c(c1)OCCCO2)NCc1ccc(CN2CCCC2)cc1. The number of nitrogens with zero attached hydrogens (tertiary/aromatic N) is 1. The number of carbonyl (C=O) groups excluding carboxylic acids is 1. The van der Waals surface area contributed by atoms with Gasteiger partial charge in [-0.3, -0.25) is 9.69 Å². The van der Waals surface area contributed by atoms with Crippen LogP contribution in [-0.4, -0.2) is 37.1 Å². The second-order valence-electron chi connectivity index (χ2n) is 7.71. The molecule has 1 fully saturated rings. The lowest BCUT2D eigenvalue weighted by Crippen LogP contribution is -2.24. The molecule has 0 unspecified atom stereocenters. The molecule has 1 saturated heterocycles. The Bertz CT molecular complexity index is 848. The van der Waals surface area contributed by atoms with Crippen molar-refractivity contribution in [1.82, 2.24) is 10.2 Å². The molecule has 29 heavy (non-hydrogen) atoms. The van der Waals surface area contributed by atoms with E-state index in [0.29, 0.717) is 36.3 Å². The number of rotatable bonds is 6. The van der Waals surface area contributed by atoms with Gasteiger partial charge in [0.05, 0.1) is 24.7 Å². The maximum absolute atomic E-state index is 12.4. The minimum atomic E-state index is -0.0447. The first-order valence-corrected chi connectivity index (χ1v) is 10.7. The summed E-state index contributed by atoms with van der Waals surface area (Å²) >= 11 is 6.31. The smallest absolute Gasteiger partial charge is 0.224 e. The molecule has 2 aromatic rings. The van der Waals surface area contributed by atoms with Gasteiger partial charge in [-0.15, -0.1) is 0 Å². The fourth-order valence-electron chi connectivity index (χ4n) is 3.80. The minimum Gasteiger partial charge on any atom is -0.489 e. The third-order valence-corrected chi connectivity index (χ3v) is 5.62. The zero-order chi connectivity index (χ0) is 20.1. The summed E-state index contributed by atoms with van der Waals surface area (Å²) in [5.41, 5.74) is 3.24. The van der Waals surface area contributed by atoms with Crippen LogP contribution in [0.15, 0.2) is 36.4 Å². The van der Waals surface area contributed by atoms with Gasteiger partial charge in [0.2, 0.25) is 5.91 Å². The molecule has 2 heterocycles. The summed E-state index contributed by atoms with van der Waals surface area (Å²) in [6, 6.07) is 12.1. The van der Waals surface area contributed by atoms with Crippen LogP contribution in [0.3, 0.4) is 0 Å². The number of ether oxygens (including phenoxy) is 2. The second-order valence-corrected chi connectivity index (χ2v) is 8.12. The third kappa shape index (κ3) is 5.43. The van der Waals surface area contributed by atoms with Crippen molar-refractivity contribution in [1.29, 1.82) is 0 Å². The van der Waals surface area contributed by atoms with Crippen molar-refractivity contribution in [2.45, 2.75) is 38.8 Å². The minimum absolute atomic E-state index is 0.0447. The molecule has 1 amide bonds. The summed E-state index contributed by atoms with van der Waals surface area (Å²) in [6.45, 7) is 5.10. The number of fused-ring (bicyclic) bond motifs is 1. The fraction of sp³-hybridized carbons (Fsp3) is 0.435. The molecule has 0 atom stereocenters. The van der Waals surface area contributed by atoms with Crippen LogP contribution >= 0.6 is 11.6 Å². The second kappa shape index (κ2) is 9.51. The van der Waals surface area contributed by atoms with Crippen LogP contribution in [0.4, 0.5) is 0 Å². The molecular formula is C23H27ClN2O3. The zero-order valence-electron chi connectivity index (χ0n) is 16.6. The van der Waals surface area contributed by atoms with E-state index in [2.05, 4.69) is 34.5 Å². The Balaban J connectivity index is 1.29. The first-order chi connectivity index (χ1) is 14.2. The van der Waals surface area contributed by atoms with Crippen molar-refractivity contribution >= 4 is 17.5 Å². The van der Waals surface area contributed by atoms with Crippen molar-refractivity contribution in [3.63, 3.8) is 0 Å². The van der Waals surface area contributed by atoms with Gasteiger partial charge in [0.15, 0.2) is 11.5 Å². The Kier molecular flexibility index (Phi) is 6.57. The lowest BCUT2D eigenvalue weighted by atomic mass is 10.1. The maximum Gasteiger partial charge on any atom is 0.224 e. The highest BCUT2D eigenvalue weighted by molar-refractivity contribution is 6.32. The molecule has 0 saturated carbocycles. The summed E-state index contributed by atoms with van der Waals surface area (Å²) in [7, 11) is 0. The molecule has 2 aromatic carbocycles. The normalized spacial score (nSPS) is 16.4. The van der Waals surface area contributed by atoms with Gasteiger partial charge >= 0.3 is 0 Å². The van der Waals surface area contributed by atoms with Crippen molar-refractivity contribution in [3.8, 4) is 11.5 Å². The Hall–Kier alpha value is -2.24. The molecule has 0 aromatic heterocycles. The number of nitrogens with one attached hydrogen (secondary N) is 1. The number of likely N-dealkylation sites (tertiary alicyclic amines) is 1. The van der Waals surface area contributed by atoms with E-state index in [4.69, 9.17) is 21.1 Å². The average Bonchev–Trinajstić information content (AvgIpc) is 3.10. The van der Waals surface area contributed by atoms with Crippen LogP contribution in [0.2, 0.25) is 5.02 Å². The van der Waals surface area contributed by atoms with E-state index < -0.39 is 0 Å². The molecule has 2 aliphatic heterocycles. The van der Waals surface area contributed by atoms with Crippen LogP contribution in [0, 0.1) is 0 Å². The predicted molar refractivity (Wildman–Crippen MR) is 114 cm³/mol. The van der Waals surface area contributed by atoms with Gasteiger partial charge in [-0.1, -0.05) is 35.9 Å². The van der Waals surface area contributed by atoms with Gasteiger partial charge in [0.25, 0.3) is 0 Å². The summed E-state index contributed by atoms with van der Waals surface area (Å²) in [5.74, 6) is 1.14. The lowest BCUT2D eigenvalue weighted by Gasteiger charge is -2.15. The van der Waals surface area contributed by atoms with Gasteiger partial charge in [-0.2, -0.15) is 0 Å². The van der Waals surface area contributed by atoms with Crippen molar-refractivity contribution in [3.05, 3.63) is 58.1 Å². The van der Waals surface area contributed by atoms with Gasteiger partial charge in [0, 0.05) is 19.5 Å². The van der Waals surface area contributed by atoms with Crippen LogP contribution in [0.25, 0.3) is 0 Å². The van der Waals surface area contributed by atoms with E-state index in [0.717, 1.165) is 24.1 Å². The van der Waals surface area contributed by atoms with Gasteiger partial charge < -0.3 is 14.8 Å². The molecule has 1 N–H and O–H groups in total. The molecule has 0 spiro atoms. The molecule has 5 nitrogen and oxygen atoms in total. The monoisotopic (exact) mass is 414 g/mol. The first kappa shape index (κ1) is 20.0. The predicted octanol–water partition coefficient (Wildman–Crippen LogP) is 3.96. The van der Waals surface area contributed by atoms with Crippen molar-refractivity contribution < 1.29 is 14.3 Å². The highest BCUT2D eigenvalue weighted by Crippen LogP contribution is 2.38.